The topological polar surface area (TPSA) is 58.7 Å². The second-order valence-corrected chi connectivity index (χ2v) is 4.99. The van der Waals surface area contributed by atoms with Crippen LogP contribution in [0.15, 0.2) is 24.3 Å². The minimum Gasteiger partial charge on any atom is -0.394 e. The van der Waals surface area contributed by atoms with Crippen LogP contribution in [0, 0.1) is 5.82 Å². The first-order valence-corrected chi connectivity index (χ1v) is 6.59. The lowest BCUT2D eigenvalue weighted by molar-refractivity contribution is -0.0907. The monoisotopic (exact) mass is 268 g/mol. The van der Waals surface area contributed by atoms with Crippen LogP contribution < -0.4 is 5.73 Å². The van der Waals surface area contributed by atoms with Crippen molar-refractivity contribution in [2.24, 2.45) is 5.73 Å². The Balaban J connectivity index is 2.17. The summed E-state index contributed by atoms with van der Waals surface area (Å²) in [7, 11) is 0. The molecule has 19 heavy (non-hydrogen) atoms. The highest BCUT2D eigenvalue weighted by atomic mass is 19.1. The molecule has 3 N–H and O–H groups in total. The van der Waals surface area contributed by atoms with Gasteiger partial charge in [0.2, 0.25) is 0 Å². The molecular formula is C14H21FN2O2. The van der Waals surface area contributed by atoms with Crippen molar-refractivity contribution in [2.45, 2.75) is 25.1 Å². The predicted molar refractivity (Wildman–Crippen MR) is 71.2 cm³/mol. The normalized spacial score (nSPS) is 26.3. The molecule has 1 aliphatic rings. The van der Waals surface area contributed by atoms with Crippen LogP contribution in [0.1, 0.15) is 18.5 Å². The fraction of sp³-hybridized carbons (Fsp3) is 0.571. The summed E-state index contributed by atoms with van der Waals surface area (Å²) >= 11 is 0. The van der Waals surface area contributed by atoms with Crippen molar-refractivity contribution in [1.82, 2.24) is 4.90 Å². The Bertz CT molecular complexity index is 399. The fourth-order valence-corrected chi connectivity index (χ4v) is 2.53. The highest BCUT2D eigenvalue weighted by Crippen LogP contribution is 2.25. The molecule has 3 unspecified atom stereocenters. The van der Waals surface area contributed by atoms with E-state index in [1.165, 1.54) is 12.1 Å². The summed E-state index contributed by atoms with van der Waals surface area (Å²) in [6.45, 7) is 3.73. The Kier molecular flexibility index (Phi) is 4.87. The first-order valence-electron chi connectivity index (χ1n) is 6.59. The molecule has 0 spiro atoms. The number of aliphatic hydroxyl groups is 1. The molecule has 4 nitrogen and oxygen atoms in total. The number of hydrogen-bond donors (Lipinski definition) is 2. The zero-order valence-electron chi connectivity index (χ0n) is 11.1. The molecule has 1 aromatic rings. The Hall–Kier alpha value is -1.01. The van der Waals surface area contributed by atoms with E-state index in [1.807, 2.05) is 0 Å². The zero-order valence-corrected chi connectivity index (χ0v) is 11.1. The lowest BCUT2D eigenvalue weighted by Gasteiger charge is -2.42. The standard InChI is InChI=1S/C14H21FN2O2/c1-10-9-19-13(8-18)7-17(10)14(6-16)11-2-4-12(15)5-3-11/h2-5,10,13-14,18H,6-9,16H2,1H3. The van der Waals surface area contributed by atoms with Crippen LogP contribution in [0.5, 0.6) is 0 Å². The van der Waals surface area contributed by atoms with Gasteiger partial charge in [-0.2, -0.15) is 0 Å². The molecule has 0 amide bonds. The van der Waals surface area contributed by atoms with Gasteiger partial charge in [-0.05, 0) is 24.6 Å². The minimum atomic E-state index is -0.247. The van der Waals surface area contributed by atoms with E-state index in [1.54, 1.807) is 12.1 Å². The number of hydrogen-bond acceptors (Lipinski definition) is 4. The molecule has 0 bridgehead atoms. The van der Waals surface area contributed by atoms with E-state index in [9.17, 15) is 9.50 Å². The SMILES string of the molecule is CC1COC(CO)CN1C(CN)c1ccc(F)cc1. The van der Waals surface area contributed by atoms with E-state index < -0.39 is 0 Å². The molecular weight excluding hydrogens is 247 g/mol. The van der Waals surface area contributed by atoms with Crippen molar-refractivity contribution in [3.05, 3.63) is 35.6 Å². The second kappa shape index (κ2) is 6.43. The van der Waals surface area contributed by atoms with Gasteiger partial charge in [0.25, 0.3) is 0 Å². The van der Waals surface area contributed by atoms with Gasteiger partial charge in [-0.15, -0.1) is 0 Å². The molecule has 0 aliphatic carbocycles. The Labute approximate surface area is 113 Å². The van der Waals surface area contributed by atoms with Crippen LogP contribution in [-0.2, 0) is 4.74 Å². The third-order valence-electron chi connectivity index (χ3n) is 3.64. The van der Waals surface area contributed by atoms with E-state index in [0.29, 0.717) is 19.7 Å². The molecule has 1 heterocycles. The molecule has 2 rings (SSSR count). The van der Waals surface area contributed by atoms with Crippen LogP contribution in [0.4, 0.5) is 4.39 Å². The summed E-state index contributed by atoms with van der Waals surface area (Å²) < 4.78 is 18.5. The van der Waals surface area contributed by atoms with Crippen LogP contribution in [0.3, 0.4) is 0 Å². The van der Waals surface area contributed by atoms with E-state index >= 15 is 0 Å². The summed E-state index contributed by atoms with van der Waals surface area (Å²) in [6, 6.07) is 6.68. The highest BCUT2D eigenvalue weighted by molar-refractivity contribution is 5.21. The first-order chi connectivity index (χ1) is 9.15. The van der Waals surface area contributed by atoms with Crippen LogP contribution >= 0.6 is 0 Å². The third-order valence-corrected chi connectivity index (χ3v) is 3.64. The van der Waals surface area contributed by atoms with E-state index in [-0.39, 0.29) is 30.6 Å². The number of aliphatic hydroxyl groups excluding tert-OH is 1. The molecule has 1 aromatic carbocycles. The van der Waals surface area contributed by atoms with Gasteiger partial charge in [0.15, 0.2) is 0 Å². The lowest BCUT2D eigenvalue weighted by Crippen LogP contribution is -2.52. The maximum Gasteiger partial charge on any atom is 0.123 e. The zero-order chi connectivity index (χ0) is 13.8. The molecule has 5 heteroatoms. The molecule has 0 radical (unpaired) electrons. The number of benzene rings is 1. The predicted octanol–water partition coefficient (Wildman–Crippen LogP) is 0.907. The van der Waals surface area contributed by atoms with E-state index in [4.69, 9.17) is 10.5 Å². The Morgan fingerprint density at radius 3 is 2.74 bits per heavy atom. The summed E-state index contributed by atoms with van der Waals surface area (Å²) in [6.07, 6.45) is -0.175. The Morgan fingerprint density at radius 2 is 2.16 bits per heavy atom. The maximum atomic E-state index is 13.0. The van der Waals surface area contributed by atoms with Gasteiger partial charge in [-0.25, -0.2) is 4.39 Å². The molecule has 0 saturated carbocycles. The van der Waals surface area contributed by atoms with Crippen molar-refractivity contribution in [3.8, 4) is 0 Å². The lowest BCUT2D eigenvalue weighted by atomic mass is 10.0. The summed E-state index contributed by atoms with van der Waals surface area (Å²) in [5, 5.41) is 9.22. The quantitative estimate of drug-likeness (QED) is 0.852. The van der Waals surface area contributed by atoms with Gasteiger partial charge >= 0.3 is 0 Å². The Morgan fingerprint density at radius 1 is 1.47 bits per heavy atom. The van der Waals surface area contributed by atoms with Gasteiger partial charge in [0, 0.05) is 25.2 Å². The molecule has 1 saturated heterocycles. The number of ether oxygens (including phenoxy) is 1. The average Bonchev–Trinajstić information content (AvgIpc) is 2.43. The van der Waals surface area contributed by atoms with Crippen molar-refractivity contribution >= 4 is 0 Å². The molecule has 1 fully saturated rings. The summed E-state index contributed by atoms with van der Waals surface area (Å²) in [4.78, 5) is 2.22. The van der Waals surface area contributed by atoms with E-state index in [0.717, 1.165) is 5.56 Å². The molecule has 0 aromatic heterocycles. The number of morpholine rings is 1. The molecule has 106 valence electrons. The largest absolute Gasteiger partial charge is 0.394 e. The van der Waals surface area contributed by atoms with Gasteiger partial charge < -0.3 is 15.6 Å². The van der Waals surface area contributed by atoms with E-state index in [2.05, 4.69) is 11.8 Å². The summed E-state index contributed by atoms with van der Waals surface area (Å²) in [5.74, 6) is -0.247. The van der Waals surface area contributed by atoms with Crippen LogP contribution in [-0.4, -0.2) is 48.5 Å². The van der Waals surface area contributed by atoms with Crippen molar-refractivity contribution in [2.75, 3.05) is 26.3 Å². The van der Waals surface area contributed by atoms with Crippen molar-refractivity contribution in [3.63, 3.8) is 0 Å². The number of nitrogens with zero attached hydrogens (tertiary/aromatic N) is 1. The summed E-state index contributed by atoms with van der Waals surface area (Å²) in [5.41, 5.74) is 6.88. The number of nitrogens with two attached hydrogens (primary N) is 1. The van der Waals surface area contributed by atoms with Gasteiger partial charge in [-0.3, -0.25) is 4.90 Å². The highest BCUT2D eigenvalue weighted by Gasteiger charge is 2.31. The average molecular weight is 268 g/mol. The molecule has 1 aliphatic heterocycles. The fourth-order valence-electron chi connectivity index (χ4n) is 2.53. The second-order valence-electron chi connectivity index (χ2n) is 4.99. The van der Waals surface area contributed by atoms with Crippen LogP contribution in [0.25, 0.3) is 0 Å². The van der Waals surface area contributed by atoms with Crippen molar-refractivity contribution < 1.29 is 14.2 Å². The molecule has 3 atom stereocenters. The maximum absolute atomic E-state index is 13.0. The van der Waals surface area contributed by atoms with Crippen LogP contribution in [0.2, 0.25) is 0 Å². The number of rotatable bonds is 4. The van der Waals surface area contributed by atoms with Gasteiger partial charge in [0.1, 0.15) is 5.82 Å². The van der Waals surface area contributed by atoms with Gasteiger partial charge in [-0.1, -0.05) is 12.1 Å². The first kappa shape index (κ1) is 14.4. The third kappa shape index (κ3) is 3.30. The smallest absolute Gasteiger partial charge is 0.123 e. The van der Waals surface area contributed by atoms with Gasteiger partial charge in [0.05, 0.1) is 19.3 Å². The number of halogens is 1. The van der Waals surface area contributed by atoms with Crippen molar-refractivity contribution in [1.29, 1.82) is 0 Å². The minimum absolute atomic E-state index is 0.00390.